The van der Waals surface area contributed by atoms with E-state index in [-0.39, 0.29) is 18.1 Å². The molecular formula is C21H30N4O3. The molecule has 4 bridgehead atoms. The molecule has 1 heterocycles. The molecule has 2 N–H and O–H groups in total. The van der Waals surface area contributed by atoms with Crippen LogP contribution in [-0.4, -0.2) is 49.8 Å². The number of nitrogens with one attached hydrogen (secondary N) is 1. The average molecular weight is 386 g/mol. The summed E-state index contributed by atoms with van der Waals surface area (Å²) in [4.78, 5) is 22.0. The second kappa shape index (κ2) is 6.66. The lowest BCUT2D eigenvalue weighted by molar-refractivity contribution is -0.160. The van der Waals surface area contributed by atoms with Crippen LogP contribution in [0.15, 0.2) is 12.5 Å². The monoisotopic (exact) mass is 386 g/mol. The van der Waals surface area contributed by atoms with Crippen molar-refractivity contribution in [3.05, 3.63) is 18.1 Å². The highest BCUT2D eigenvalue weighted by atomic mass is 16.5. The lowest BCUT2D eigenvalue weighted by Gasteiger charge is -2.60. The number of carbonyl (C=O) groups is 1. The standard InChI is InChI=1S/C21H30N4O3/c1-12(2)28-19-17(10-22-11-23-19)20(26)25(24-16-3-4-16)18-14-5-13-6-15(18)9-21(27,7-13)8-14/h10-16,18,24,27H,3-9H2,1-2H3. The molecule has 5 aliphatic carbocycles. The van der Waals surface area contributed by atoms with Crippen molar-refractivity contribution < 1.29 is 14.6 Å². The number of aliphatic hydroxyl groups is 1. The molecule has 1 aromatic heterocycles. The molecule has 5 fully saturated rings. The van der Waals surface area contributed by atoms with Crippen LogP contribution < -0.4 is 10.2 Å². The first kappa shape index (κ1) is 18.3. The lowest BCUT2D eigenvalue weighted by Crippen LogP contribution is -2.65. The minimum Gasteiger partial charge on any atom is -0.474 e. The van der Waals surface area contributed by atoms with Gasteiger partial charge < -0.3 is 9.84 Å². The normalized spacial score (nSPS) is 36.0. The van der Waals surface area contributed by atoms with Crippen molar-refractivity contribution in [3.63, 3.8) is 0 Å². The third kappa shape index (κ3) is 3.28. The summed E-state index contributed by atoms with van der Waals surface area (Å²) in [5.41, 5.74) is 3.40. The fourth-order valence-electron chi connectivity index (χ4n) is 5.98. The Kier molecular flexibility index (Phi) is 4.36. The number of amides is 1. The van der Waals surface area contributed by atoms with E-state index >= 15 is 0 Å². The molecule has 2 atom stereocenters. The van der Waals surface area contributed by atoms with Crippen LogP contribution in [-0.2, 0) is 0 Å². The second-order valence-electron chi connectivity index (χ2n) is 9.67. The molecule has 0 radical (unpaired) electrons. The first-order valence-corrected chi connectivity index (χ1v) is 10.7. The number of hydrazine groups is 1. The van der Waals surface area contributed by atoms with Crippen LogP contribution in [0.25, 0.3) is 0 Å². The second-order valence-corrected chi connectivity index (χ2v) is 9.67. The van der Waals surface area contributed by atoms with E-state index in [9.17, 15) is 9.90 Å². The van der Waals surface area contributed by atoms with Gasteiger partial charge in [-0.15, -0.1) is 0 Å². The molecule has 0 aromatic carbocycles. The summed E-state index contributed by atoms with van der Waals surface area (Å²) in [7, 11) is 0. The van der Waals surface area contributed by atoms with E-state index in [1.165, 1.54) is 6.33 Å². The topological polar surface area (TPSA) is 87.6 Å². The van der Waals surface area contributed by atoms with Crippen molar-refractivity contribution in [1.82, 2.24) is 20.4 Å². The SMILES string of the molecule is CC(C)Oc1ncncc1C(=O)N(NC1CC1)C1C2CC3CC1CC(O)(C3)C2. The highest BCUT2D eigenvalue weighted by Gasteiger charge is 2.57. The Morgan fingerprint density at radius 3 is 2.61 bits per heavy atom. The van der Waals surface area contributed by atoms with E-state index in [2.05, 4.69) is 15.4 Å². The predicted octanol–water partition coefficient (Wildman–Crippen LogP) is 2.31. The first-order chi connectivity index (χ1) is 13.4. The number of hydrogen-bond acceptors (Lipinski definition) is 6. The summed E-state index contributed by atoms with van der Waals surface area (Å²) in [6.45, 7) is 3.85. The van der Waals surface area contributed by atoms with Gasteiger partial charge in [0.1, 0.15) is 11.9 Å². The highest BCUT2D eigenvalue weighted by Crippen LogP contribution is 2.57. The summed E-state index contributed by atoms with van der Waals surface area (Å²) < 4.78 is 5.79. The van der Waals surface area contributed by atoms with Crippen molar-refractivity contribution in [2.24, 2.45) is 17.8 Å². The summed E-state index contributed by atoms with van der Waals surface area (Å²) in [5, 5.41) is 12.8. The molecule has 152 valence electrons. The molecule has 6 rings (SSSR count). The van der Waals surface area contributed by atoms with Gasteiger partial charge >= 0.3 is 0 Å². The van der Waals surface area contributed by atoms with Crippen LogP contribution >= 0.6 is 0 Å². The van der Waals surface area contributed by atoms with Gasteiger partial charge in [0.15, 0.2) is 0 Å². The number of carbonyl (C=O) groups excluding carboxylic acids is 1. The summed E-state index contributed by atoms with van der Waals surface area (Å²) in [5.74, 6) is 1.56. The quantitative estimate of drug-likeness (QED) is 0.730. The molecule has 5 aliphatic rings. The number of rotatable bonds is 6. The van der Waals surface area contributed by atoms with Crippen LogP contribution in [0, 0.1) is 17.8 Å². The van der Waals surface area contributed by atoms with Crippen LogP contribution in [0.5, 0.6) is 5.88 Å². The van der Waals surface area contributed by atoms with E-state index in [0.717, 1.165) is 44.9 Å². The third-order valence-corrected chi connectivity index (χ3v) is 6.86. The van der Waals surface area contributed by atoms with Crippen molar-refractivity contribution >= 4 is 5.91 Å². The van der Waals surface area contributed by atoms with Crippen molar-refractivity contribution in [3.8, 4) is 5.88 Å². The molecule has 0 aliphatic heterocycles. The van der Waals surface area contributed by atoms with E-state index in [1.807, 2.05) is 18.9 Å². The van der Waals surface area contributed by atoms with Gasteiger partial charge in [-0.05, 0) is 76.5 Å². The molecular weight excluding hydrogens is 356 g/mol. The van der Waals surface area contributed by atoms with Crippen molar-refractivity contribution in [1.29, 1.82) is 0 Å². The summed E-state index contributed by atoms with van der Waals surface area (Å²) >= 11 is 0. The molecule has 2 unspecified atom stereocenters. The predicted molar refractivity (Wildman–Crippen MR) is 102 cm³/mol. The molecule has 0 spiro atoms. The van der Waals surface area contributed by atoms with Crippen molar-refractivity contribution in [2.75, 3.05) is 0 Å². The average Bonchev–Trinajstić information content (AvgIpc) is 3.42. The number of nitrogens with zero attached hydrogens (tertiary/aromatic N) is 3. The number of hydrogen-bond donors (Lipinski definition) is 2. The molecule has 7 heteroatoms. The van der Waals surface area contributed by atoms with Gasteiger partial charge in [-0.2, -0.15) is 0 Å². The van der Waals surface area contributed by atoms with Gasteiger partial charge in [-0.3, -0.25) is 9.80 Å². The summed E-state index contributed by atoms with van der Waals surface area (Å²) in [6.07, 6.45) is 9.89. The van der Waals surface area contributed by atoms with E-state index < -0.39 is 5.60 Å². The zero-order chi connectivity index (χ0) is 19.5. The third-order valence-electron chi connectivity index (χ3n) is 6.86. The smallest absolute Gasteiger partial charge is 0.275 e. The van der Waals surface area contributed by atoms with Gasteiger partial charge in [0.25, 0.3) is 5.91 Å². The van der Waals surface area contributed by atoms with Crippen molar-refractivity contribution in [2.45, 2.75) is 82.6 Å². The van der Waals surface area contributed by atoms with Gasteiger partial charge in [0.2, 0.25) is 5.88 Å². The zero-order valence-electron chi connectivity index (χ0n) is 16.7. The first-order valence-electron chi connectivity index (χ1n) is 10.7. The largest absolute Gasteiger partial charge is 0.474 e. The molecule has 5 saturated carbocycles. The maximum Gasteiger partial charge on any atom is 0.275 e. The Morgan fingerprint density at radius 1 is 1.29 bits per heavy atom. The molecule has 1 aromatic rings. The van der Waals surface area contributed by atoms with E-state index in [0.29, 0.717) is 35.2 Å². The van der Waals surface area contributed by atoms with Gasteiger partial charge in [0.05, 0.1) is 17.7 Å². The fourth-order valence-corrected chi connectivity index (χ4v) is 5.98. The van der Waals surface area contributed by atoms with Crippen LogP contribution in [0.1, 0.15) is 69.2 Å². The maximum atomic E-state index is 13.7. The Hall–Kier alpha value is -1.73. The number of ether oxygens (including phenoxy) is 1. The number of aromatic nitrogens is 2. The van der Waals surface area contributed by atoms with Crippen LogP contribution in [0.2, 0.25) is 0 Å². The van der Waals surface area contributed by atoms with Crippen LogP contribution in [0.4, 0.5) is 0 Å². The highest BCUT2D eigenvalue weighted by molar-refractivity contribution is 5.96. The Labute approximate surface area is 165 Å². The minimum absolute atomic E-state index is 0.0679. The molecule has 7 nitrogen and oxygen atoms in total. The fraction of sp³-hybridized carbons (Fsp3) is 0.762. The summed E-state index contributed by atoms with van der Waals surface area (Å²) in [6, 6.07) is 0.486. The lowest BCUT2D eigenvalue weighted by atomic mass is 9.52. The van der Waals surface area contributed by atoms with E-state index in [1.54, 1.807) is 6.20 Å². The maximum absolute atomic E-state index is 13.7. The Morgan fingerprint density at radius 2 is 2.00 bits per heavy atom. The molecule has 1 amide bonds. The molecule has 0 saturated heterocycles. The Balaban J connectivity index is 1.46. The molecule has 28 heavy (non-hydrogen) atoms. The van der Waals surface area contributed by atoms with Gasteiger partial charge in [-0.1, -0.05) is 0 Å². The van der Waals surface area contributed by atoms with Gasteiger partial charge in [0, 0.05) is 12.2 Å². The Bertz CT molecular complexity index is 750. The van der Waals surface area contributed by atoms with Gasteiger partial charge in [-0.25, -0.2) is 15.4 Å². The van der Waals surface area contributed by atoms with Crippen LogP contribution in [0.3, 0.4) is 0 Å². The minimum atomic E-state index is -0.511. The van der Waals surface area contributed by atoms with E-state index in [4.69, 9.17) is 4.74 Å². The zero-order valence-corrected chi connectivity index (χ0v) is 16.7.